The molecule has 72 valence electrons. The van der Waals surface area contributed by atoms with E-state index in [1.807, 2.05) is 0 Å². The third-order valence-corrected chi connectivity index (χ3v) is 1.44. The highest BCUT2D eigenvalue weighted by molar-refractivity contribution is 6.43. The molecule has 5 nitrogen and oxygen atoms in total. The highest BCUT2D eigenvalue weighted by Gasteiger charge is 2.14. The SMILES string of the molecule is CON=NC(=O)C(=O)c1ccccc1. The first-order valence-electron chi connectivity index (χ1n) is 3.83. The molecular weight excluding hydrogens is 184 g/mol. The molecular formula is C9H8N2O3. The standard InChI is InChI=1S/C9H8N2O3/c1-14-11-10-9(13)8(12)7-5-3-2-4-6-7/h2-6H,1H3. The van der Waals surface area contributed by atoms with Crippen LogP contribution in [0.1, 0.15) is 10.4 Å². The van der Waals surface area contributed by atoms with Gasteiger partial charge in [0.15, 0.2) is 0 Å². The molecule has 0 radical (unpaired) electrons. The molecule has 5 heteroatoms. The summed E-state index contributed by atoms with van der Waals surface area (Å²) in [5.41, 5.74) is 0.285. The third kappa shape index (κ3) is 2.48. The van der Waals surface area contributed by atoms with E-state index >= 15 is 0 Å². The summed E-state index contributed by atoms with van der Waals surface area (Å²) < 4.78 is 0. The van der Waals surface area contributed by atoms with Gasteiger partial charge >= 0.3 is 5.91 Å². The molecule has 0 aliphatic heterocycles. The second-order valence-corrected chi connectivity index (χ2v) is 2.36. The summed E-state index contributed by atoms with van der Waals surface area (Å²) in [7, 11) is 1.24. The van der Waals surface area contributed by atoms with Crippen molar-refractivity contribution in [3.8, 4) is 0 Å². The minimum atomic E-state index is -0.946. The van der Waals surface area contributed by atoms with Crippen molar-refractivity contribution in [3.63, 3.8) is 0 Å². The Hall–Kier alpha value is -2.04. The minimum Gasteiger partial charge on any atom is -0.383 e. The molecule has 0 saturated heterocycles. The first-order chi connectivity index (χ1) is 6.75. The number of Topliss-reactive ketones (excluding diaryl/α,β-unsaturated/α-hetero) is 1. The highest BCUT2D eigenvalue weighted by Crippen LogP contribution is 2.01. The second kappa shape index (κ2) is 4.86. The normalized spacial score (nSPS) is 10.1. The van der Waals surface area contributed by atoms with E-state index in [0.29, 0.717) is 0 Å². The monoisotopic (exact) mass is 192 g/mol. The summed E-state index contributed by atoms with van der Waals surface area (Å²) >= 11 is 0. The zero-order chi connectivity index (χ0) is 10.4. The molecule has 0 saturated carbocycles. The van der Waals surface area contributed by atoms with Gasteiger partial charge in [0.2, 0.25) is 0 Å². The molecule has 0 aliphatic rings. The molecule has 0 aliphatic carbocycles. The van der Waals surface area contributed by atoms with Crippen LogP contribution in [-0.4, -0.2) is 18.8 Å². The van der Waals surface area contributed by atoms with E-state index in [0.717, 1.165) is 0 Å². The minimum absolute atomic E-state index is 0.285. The van der Waals surface area contributed by atoms with Crippen LogP contribution < -0.4 is 0 Å². The van der Waals surface area contributed by atoms with E-state index in [-0.39, 0.29) is 5.56 Å². The van der Waals surface area contributed by atoms with Crippen LogP contribution in [-0.2, 0) is 9.63 Å². The zero-order valence-electron chi connectivity index (χ0n) is 7.51. The van der Waals surface area contributed by atoms with Gasteiger partial charge in [-0.3, -0.25) is 9.59 Å². The lowest BCUT2D eigenvalue weighted by Crippen LogP contribution is -2.10. The van der Waals surface area contributed by atoms with Crippen molar-refractivity contribution in [3.05, 3.63) is 35.9 Å². The van der Waals surface area contributed by atoms with Crippen LogP contribution in [0.2, 0.25) is 0 Å². The van der Waals surface area contributed by atoms with Crippen molar-refractivity contribution in [1.82, 2.24) is 0 Å². The Labute approximate surface area is 80.4 Å². The largest absolute Gasteiger partial charge is 0.383 e. The summed E-state index contributed by atoms with van der Waals surface area (Å²) in [6.45, 7) is 0. The molecule has 14 heavy (non-hydrogen) atoms. The molecule has 0 bridgehead atoms. The first-order valence-corrected chi connectivity index (χ1v) is 3.83. The molecule has 1 rings (SSSR count). The average Bonchev–Trinajstić information content (AvgIpc) is 2.26. The van der Waals surface area contributed by atoms with Gasteiger partial charge in [0.05, 0.1) is 0 Å². The Morgan fingerprint density at radius 2 is 1.86 bits per heavy atom. The van der Waals surface area contributed by atoms with Gasteiger partial charge in [-0.15, -0.1) is 0 Å². The predicted octanol–water partition coefficient (Wildman–Crippen LogP) is 1.41. The number of benzene rings is 1. The van der Waals surface area contributed by atoms with Crippen LogP contribution in [0.15, 0.2) is 40.7 Å². The quantitative estimate of drug-likeness (QED) is 0.314. The van der Waals surface area contributed by atoms with Gasteiger partial charge in [-0.1, -0.05) is 35.4 Å². The van der Waals surface area contributed by atoms with Crippen LogP contribution in [0.25, 0.3) is 0 Å². The van der Waals surface area contributed by atoms with Crippen molar-refractivity contribution >= 4 is 11.7 Å². The molecule has 1 aromatic carbocycles. The van der Waals surface area contributed by atoms with E-state index in [9.17, 15) is 9.59 Å². The highest BCUT2D eigenvalue weighted by atomic mass is 16.6. The molecule has 0 fully saturated rings. The molecule has 0 spiro atoms. The molecule has 1 amide bonds. The lowest BCUT2D eigenvalue weighted by atomic mass is 10.1. The lowest BCUT2D eigenvalue weighted by molar-refractivity contribution is -0.115. The van der Waals surface area contributed by atoms with Crippen LogP contribution in [0.4, 0.5) is 0 Å². The fourth-order valence-corrected chi connectivity index (χ4v) is 0.836. The Bertz CT molecular complexity index is 360. The Kier molecular flexibility index (Phi) is 3.49. The fraction of sp³-hybridized carbons (Fsp3) is 0.111. The Morgan fingerprint density at radius 1 is 1.21 bits per heavy atom. The molecule has 0 atom stereocenters. The van der Waals surface area contributed by atoms with Crippen LogP contribution in [0, 0.1) is 0 Å². The number of hydrogen-bond donors (Lipinski definition) is 0. The molecule has 0 aromatic heterocycles. The number of amides is 1. The predicted molar refractivity (Wildman–Crippen MR) is 47.6 cm³/mol. The molecule has 0 N–H and O–H groups in total. The van der Waals surface area contributed by atoms with Gasteiger partial charge in [-0.25, -0.2) is 0 Å². The number of rotatable bonds is 3. The number of nitrogens with zero attached hydrogens (tertiary/aromatic N) is 2. The molecule has 0 heterocycles. The van der Waals surface area contributed by atoms with Gasteiger partial charge in [-0.05, 0) is 0 Å². The van der Waals surface area contributed by atoms with E-state index in [4.69, 9.17) is 0 Å². The summed E-state index contributed by atoms with van der Waals surface area (Å²) in [6, 6.07) is 8.13. The van der Waals surface area contributed by atoms with Crippen LogP contribution >= 0.6 is 0 Å². The van der Waals surface area contributed by atoms with E-state index < -0.39 is 11.7 Å². The summed E-state index contributed by atoms with van der Waals surface area (Å²) in [5, 5.41) is 6.01. The molecule has 0 unspecified atom stereocenters. The third-order valence-electron chi connectivity index (χ3n) is 1.44. The number of hydrogen-bond acceptors (Lipinski definition) is 4. The van der Waals surface area contributed by atoms with Crippen molar-refractivity contribution in [2.45, 2.75) is 0 Å². The number of ketones is 1. The smallest absolute Gasteiger partial charge is 0.339 e. The molecule has 1 aromatic rings. The van der Waals surface area contributed by atoms with Crippen molar-refractivity contribution in [2.75, 3.05) is 7.11 Å². The van der Waals surface area contributed by atoms with Gasteiger partial charge in [-0.2, -0.15) is 0 Å². The maximum Gasteiger partial charge on any atom is 0.339 e. The van der Waals surface area contributed by atoms with Gasteiger partial charge < -0.3 is 4.84 Å². The van der Waals surface area contributed by atoms with E-state index in [1.54, 1.807) is 18.2 Å². The van der Waals surface area contributed by atoms with Crippen LogP contribution in [0.3, 0.4) is 0 Å². The van der Waals surface area contributed by atoms with Crippen molar-refractivity contribution < 1.29 is 14.4 Å². The van der Waals surface area contributed by atoms with Gasteiger partial charge in [0, 0.05) is 10.8 Å². The van der Waals surface area contributed by atoms with E-state index in [2.05, 4.69) is 15.2 Å². The topological polar surface area (TPSA) is 68.1 Å². The summed E-state index contributed by atoms with van der Waals surface area (Å²) in [4.78, 5) is 26.5. The fourth-order valence-electron chi connectivity index (χ4n) is 0.836. The van der Waals surface area contributed by atoms with Gasteiger partial charge in [0.25, 0.3) is 5.78 Å². The Balaban J connectivity index is 2.77. The zero-order valence-corrected chi connectivity index (χ0v) is 7.51. The average molecular weight is 192 g/mol. The van der Waals surface area contributed by atoms with Crippen LogP contribution in [0.5, 0.6) is 0 Å². The van der Waals surface area contributed by atoms with E-state index in [1.165, 1.54) is 19.2 Å². The first kappa shape index (κ1) is 10.0. The number of carbonyl (C=O) groups is 2. The van der Waals surface area contributed by atoms with Gasteiger partial charge in [0.1, 0.15) is 7.11 Å². The summed E-state index contributed by atoms with van der Waals surface area (Å²) in [5.74, 6) is -1.65. The summed E-state index contributed by atoms with van der Waals surface area (Å²) in [6.07, 6.45) is 0. The maximum absolute atomic E-state index is 11.3. The maximum atomic E-state index is 11.3. The lowest BCUT2D eigenvalue weighted by Gasteiger charge is -1.93. The van der Waals surface area contributed by atoms with Crippen molar-refractivity contribution in [1.29, 1.82) is 0 Å². The van der Waals surface area contributed by atoms with Crippen molar-refractivity contribution in [2.24, 2.45) is 10.4 Å². The second-order valence-electron chi connectivity index (χ2n) is 2.36. The number of carbonyl (C=O) groups excluding carboxylic acids is 2. The Morgan fingerprint density at radius 3 is 2.43 bits per heavy atom.